The summed E-state index contributed by atoms with van der Waals surface area (Å²) in [4.78, 5) is 24.1. The van der Waals surface area contributed by atoms with E-state index >= 15 is 0 Å². The van der Waals surface area contributed by atoms with Gasteiger partial charge in [0.25, 0.3) is 0 Å². The first kappa shape index (κ1) is 8.64. The van der Waals surface area contributed by atoms with Crippen molar-refractivity contribution in [1.29, 1.82) is 0 Å². The number of hydrogen-bond acceptors (Lipinski definition) is 4. The first-order valence-corrected chi connectivity index (χ1v) is 4.17. The SMILES string of the molecule is O[Si](O)(O)OC(Cl)Cl. The molecule has 0 spiro atoms. The van der Waals surface area contributed by atoms with Crippen molar-refractivity contribution >= 4 is 32.2 Å². The lowest BCUT2D eigenvalue weighted by atomic mass is 11.7. The third kappa shape index (κ3) is 6.64. The molecule has 0 rings (SSSR count). The highest BCUT2D eigenvalue weighted by molar-refractivity contribution is 6.52. The van der Waals surface area contributed by atoms with Gasteiger partial charge in [0.15, 0.2) is 0 Å². The topological polar surface area (TPSA) is 69.9 Å². The van der Waals surface area contributed by atoms with Gasteiger partial charge in [0, 0.05) is 0 Å². The fraction of sp³-hybridized carbons (Fsp3) is 1.00. The fourth-order valence-corrected chi connectivity index (χ4v) is 1.08. The molecule has 0 aliphatic carbocycles. The molecule has 50 valence electrons. The molecule has 0 aliphatic rings. The minimum atomic E-state index is -4.48. The molecular formula is CH4Cl2O4Si. The van der Waals surface area contributed by atoms with Gasteiger partial charge in [-0.25, -0.2) is 0 Å². The lowest BCUT2D eigenvalue weighted by molar-refractivity contribution is 0.0712. The standard InChI is InChI=1S/CH4Cl2O4Si/c2-1(3)7-8(4,5)6/h1,4-6H. The molecule has 0 aromatic heterocycles. The van der Waals surface area contributed by atoms with Crippen LogP contribution in [0.1, 0.15) is 0 Å². The third-order valence-electron chi connectivity index (χ3n) is 0.247. The van der Waals surface area contributed by atoms with Crippen LogP contribution < -0.4 is 0 Å². The number of rotatable bonds is 2. The van der Waals surface area contributed by atoms with Crippen molar-refractivity contribution in [3.8, 4) is 0 Å². The van der Waals surface area contributed by atoms with Crippen LogP contribution >= 0.6 is 23.2 Å². The number of alkyl halides is 2. The molecule has 3 N–H and O–H groups in total. The van der Waals surface area contributed by atoms with Crippen LogP contribution in [0.3, 0.4) is 0 Å². The third-order valence-corrected chi connectivity index (χ3v) is 1.28. The molecule has 0 fully saturated rings. The van der Waals surface area contributed by atoms with Gasteiger partial charge in [0.2, 0.25) is 5.02 Å². The van der Waals surface area contributed by atoms with E-state index in [9.17, 15) is 0 Å². The van der Waals surface area contributed by atoms with E-state index in [0.29, 0.717) is 0 Å². The molecule has 0 aromatic rings. The maximum atomic E-state index is 8.05. The van der Waals surface area contributed by atoms with Gasteiger partial charge in [0.1, 0.15) is 0 Å². The fourth-order valence-electron chi connectivity index (χ4n) is 0.120. The Kier molecular flexibility index (Phi) is 3.21. The molecule has 0 saturated heterocycles. The molecular weight excluding hydrogens is 175 g/mol. The highest BCUT2D eigenvalue weighted by Gasteiger charge is 2.33. The van der Waals surface area contributed by atoms with Crippen LogP contribution in [-0.2, 0) is 4.43 Å². The van der Waals surface area contributed by atoms with Crippen LogP contribution in [0.25, 0.3) is 0 Å². The van der Waals surface area contributed by atoms with Crippen LogP contribution in [0.15, 0.2) is 0 Å². The Hall–Kier alpha value is 0.637. The molecule has 7 heteroatoms. The normalized spacial score (nSPS) is 12.8. The van der Waals surface area contributed by atoms with E-state index < -0.39 is 14.1 Å². The quantitative estimate of drug-likeness (QED) is 0.382. The molecule has 0 radical (unpaired) electrons. The second-order valence-electron chi connectivity index (χ2n) is 0.952. The first-order valence-electron chi connectivity index (χ1n) is 1.55. The zero-order chi connectivity index (χ0) is 6.78. The van der Waals surface area contributed by atoms with Gasteiger partial charge in [-0.1, -0.05) is 23.2 Å². The predicted molar refractivity (Wildman–Crippen MR) is 29.0 cm³/mol. The summed E-state index contributed by atoms with van der Waals surface area (Å²) in [6, 6.07) is 0. The summed E-state index contributed by atoms with van der Waals surface area (Å²) in [6.07, 6.45) is 0. The van der Waals surface area contributed by atoms with E-state index in [1.807, 2.05) is 0 Å². The molecule has 0 aliphatic heterocycles. The van der Waals surface area contributed by atoms with E-state index in [1.165, 1.54) is 0 Å². The highest BCUT2D eigenvalue weighted by atomic mass is 35.5. The monoisotopic (exact) mass is 178 g/mol. The Balaban J connectivity index is 3.39. The van der Waals surface area contributed by atoms with Crippen molar-refractivity contribution in [3.63, 3.8) is 0 Å². The van der Waals surface area contributed by atoms with Crippen molar-refractivity contribution in [2.24, 2.45) is 0 Å². The Morgan fingerprint density at radius 2 is 1.62 bits per heavy atom. The van der Waals surface area contributed by atoms with Crippen molar-refractivity contribution in [2.75, 3.05) is 0 Å². The molecule has 0 aromatic carbocycles. The summed E-state index contributed by atoms with van der Waals surface area (Å²) < 4.78 is 3.77. The molecule has 0 saturated carbocycles. The van der Waals surface area contributed by atoms with E-state index in [2.05, 4.69) is 4.43 Å². The van der Waals surface area contributed by atoms with Gasteiger partial charge in [-0.2, -0.15) is 0 Å². The lowest BCUT2D eigenvalue weighted by Crippen LogP contribution is -2.40. The minimum Gasteiger partial charge on any atom is -0.368 e. The second-order valence-corrected chi connectivity index (χ2v) is 3.35. The maximum absolute atomic E-state index is 8.05. The first-order chi connectivity index (χ1) is 3.42. The van der Waals surface area contributed by atoms with Gasteiger partial charge >= 0.3 is 9.05 Å². The molecule has 8 heavy (non-hydrogen) atoms. The Bertz CT molecular complexity index is 68.9. The van der Waals surface area contributed by atoms with Gasteiger partial charge < -0.3 is 18.8 Å². The smallest absolute Gasteiger partial charge is 0.368 e. The van der Waals surface area contributed by atoms with Gasteiger partial charge in [-0.3, -0.25) is 0 Å². The van der Waals surface area contributed by atoms with E-state index in [4.69, 9.17) is 37.6 Å². The molecule has 0 atom stereocenters. The van der Waals surface area contributed by atoms with E-state index in [-0.39, 0.29) is 0 Å². The van der Waals surface area contributed by atoms with Crippen molar-refractivity contribution in [2.45, 2.75) is 5.02 Å². The van der Waals surface area contributed by atoms with Gasteiger partial charge in [-0.15, -0.1) is 0 Å². The van der Waals surface area contributed by atoms with Gasteiger partial charge in [-0.05, 0) is 0 Å². The van der Waals surface area contributed by atoms with Crippen molar-refractivity contribution in [1.82, 2.24) is 0 Å². The van der Waals surface area contributed by atoms with Crippen molar-refractivity contribution < 1.29 is 18.8 Å². The van der Waals surface area contributed by atoms with Crippen molar-refractivity contribution in [3.05, 3.63) is 0 Å². The Morgan fingerprint density at radius 1 is 1.25 bits per heavy atom. The van der Waals surface area contributed by atoms with Crippen LogP contribution in [0, 0.1) is 0 Å². The molecule has 0 heterocycles. The summed E-state index contributed by atoms with van der Waals surface area (Å²) in [5.74, 6) is 0. The number of hydrogen-bond donors (Lipinski definition) is 3. The Morgan fingerprint density at radius 3 is 1.62 bits per heavy atom. The van der Waals surface area contributed by atoms with Crippen LogP contribution in [-0.4, -0.2) is 28.5 Å². The summed E-state index contributed by atoms with van der Waals surface area (Å²) >= 11 is 9.72. The largest absolute Gasteiger partial charge is 0.673 e. The van der Waals surface area contributed by atoms with Gasteiger partial charge in [0.05, 0.1) is 0 Å². The number of halogens is 2. The molecule has 0 unspecified atom stereocenters. The van der Waals surface area contributed by atoms with Crippen LogP contribution in [0.4, 0.5) is 0 Å². The minimum absolute atomic E-state index is 1.40. The predicted octanol–water partition coefficient (Wildman–Crippen LogP) is -0.823. The van der Waals surface area contributed by atoms with Crippen LogP contribution in [0.2, 0.25) is 0 Å². The summed E-state index contributed by atoms with van der Waals surface area (Å²) in [7, 11) is -4.48. The molecule has 4 nitrogen and oxygen atoms in total. The summed E-state index contributed by atoms with van der Waals surface area (Å²) in [5.41, 5.74) is 0. The molecule has 0 amide bonds. The summed E-state index contributed by atoms with van der Waals surface area (Å²) in [5, 5.41) is -1.40. The molecule has 0 bridgehead atoms. The maximum Gasteiger partial charge on any atom is 0.673 e. The van der Waals surface area contributed by atoms with Crippen LogP contribution in [0.5, 0.6) is 0 Å². The highest BCUT2D eigenvalue weighted by Crippen LogP contribution is 2.06. The average molecular weight is 179 g/mol. The van der Waals surface area contributed by atoms with E-state index in [0.717, 1.165) is 0 Å². The van der Waals surface area contributed by atoms with E-state index in [1.54, 1.807) is 0 Å². The second kappa shape index (κ2) is 2.97. The zero-order valence-corrected chi connectivity index (χ0v) is 6.10. The average Bonchev–Trinajstić information content (AvgIpc) is 1.21. The summed E-state index contributed by atoms with van der Waals surface area (Å²) in [6.45, 7) is 0. The Labute approximate surface area is 56.7 Å². The zero-order valence-electron chi connectivity index (χ0n) is 3.58. The lowest BCUT2D eigenvalue weighted by Gasteiger charge is -2.08.